The molecule has 0 saturated heterocycles. The Morgan fingerprint density at radius 2 is 0.895 bits per heavy atom. The summed E-state index contributed by atoms with van der Waals surface area (Å²) in [5, 5.41) is 0. The molecular weight excluding hydrogens is 306 g/mol. The molecule has 0 N–H and O–H groups in total. The van der Waals surface area contributed by atoms with E-state index in [1.165, 1.54) is 0 Å². The summed E-state index contributed by atoms with van der Waals surface area (Å²) in [7, 11) is 0. The molecule has 0 atom stereocenters. The minimum absolute atomic E-state index is 3.06. The van der Waals surface area contributed by atoms with Crippen molar-refractivity contribution < 1.29 is 53.4 Å². The molecule has 0 aromatic rings. The topological polar surface area (TPSA) is 18.5 Å². The minimum atomic E-state index is -5.91. The van der Waals surface area contributed by atoms with Crippen LogP contribution < -0.4 is 0 Å². The van der Waals surface area contributed by atoms with Crippen molar-refractivity contribution >= 4 is 0 Å². The largest absolute Gasteiger partial charge is 0.453 e. The Bertz CT molecular complexity index is 413. The molecule has 0 unspecified atom stereocenters. The molecule has 1 aliphatic heterocycles. The Balaban J connectivity index is 2.47. The van der Waals surface area contributed by atoms with Crippen molar-refractivity contribution in [2.75, 3.05) is 0 Å². The standard InChI is InChI=1S/C7F10O2/c8-3(9,10)1-2(4(11,12)13)19-7(18-1)5(14,15)6(7,16)17. The summed E-state index contributed by atoms with van der Waals surface area (Å²) in [6.45, 7) is 0. The van der Waals surface area contributed by atoms with Gasteiger partial charge in [0.1, 0.15) is 0 Å². The van der Waals surface area contributed by atoms with Gasteiger partial charge in [-0.2, -0.15) is 43.9 Å². The van der Waals surface area contributed by atoms with Gasteiger partial charge in [-0.3, -0.25) is 0 Å². The summed E-state index contributed by atoms with van der Waals surface area (Å²) in [5.74, 6) is -21.3. The van der Waals surface area contributed by atoms with Crippen molar-refractivity contribution in [3.8, 4) is 0 Å². The van der Waals surface area contributed by atoms with Gasteiger partial charge in [-0.1, -0.05) is 0 Å². The number of ether oxygens (including phenoxy) is 2. The summed E-state index contributed by atoms with van der Waals surface area (Å²) in [6.07, 6.45) is -11.8. The summed E-state index contributed by atoms with van der Waals surface area (Å²) in [5.41, 5.74) is 0. The second kappa shape index (κ2) is 3.03. The highest BCUT2D eigenvalue weighted by Crippen LogP contribution is 2.72. The van der Waals surface area contributed by atoms with Gasteiger partial charge in [-0.25, -0.2) is 0 Å². The Labute approximate surface area is 96.1 Å². The van der Waals surface area contributed by atoms with Crippen molar-refractivity contribution in [1.29, 1.82) is 0 Å². The van der Waals surface area contributed by atoms with Crippen LogP contribution in [-0.2, 0) is 9.47 Å². The van der Waals surface area contributed by atoms with Crippen LogP contribution in [0.3, 0.4) is 0 Å². The highest BCUT2D eigenvalue weighted by molar-refractivity contribution is 5.33. The molecule has 0 aromatic heterocycles. The molecule has 2 aliphatic rings. The van der Waals surface area contributed by atoms with E-state index in [-0.39, 0.29) is 0 Å². The number of hydrogen-bond acceptors (Lipinski definition) is 2. The Hall–Kier alpha value is -1.36. The van der Waals surface area contributed by atoms with E-state index in [0.717, 1.165) is 0 Å². The first kappa shape index (κ1) is 14.1. The second-order valence-corrected chi connectivity index (χ2v) is 3.62. The molecule has 1 fully saturated rings. The molecule has 0 amide bonds. The Morgan fingerprint density at radius 3 is 1.05 bits per heavy atom. The van der Waals surface area contributed by atoms with Crippen molar-refractivity contribution in [3.05, 3.63) is 11.5 Å². The molecule has 1 heterocycles. The highest BCUT2D eigenvalue weighted by atomic mass is 19.4. The van der Waals surface area contributed by atoms with Crippen LogP contribution in [0.4, 0.5) is 43.9 Å². The van der Waals surface area contributed by atoms with Gasteiger partial charge in [0.15, 0.2) is 0 Å². The molecule has 0 aromatic carbocycles. The van der Waals surface area contributed by atoms with Crippen molar-refractivity contribution in [1.82, 2.24) is 0 Å². The number of alkyl halides is 10. The quantitative estimate of drug-likeness (QED) is 0.639. The zero-order valence-electron chi connectivity index (χ0n) is 8.10. The van der Waals surface area contributed by atoms with E-state index in [9.17, 15) is 43.9 Å². The third kappa shape index (κ3) is 1.45. The number of halogens is 10. The van der Waals surface area contributed by atoms with Crippen molar-refractivity contribution in [2.24, 2.45) is 0 Å². The first-order valence-electron chi connectivity index (χ1n) is 4.21. The molecule has 1 saturated carbocycles. The molecule has 2 rings (SSSR count). The Kier molecular flexibility index (Phi) is 2.24. The summed E-state index contributed by atoms with van der Waals surface area (Å²) in [6, 6.07) is 0. The lowest BCUT2D eigenvalue weighted by Crippen LogP contribution is -2.25. The molecule has 1 spiro atoms. The van der Waals surface area contributed by atoms with E-state index in [0.29, 0.717) is 0 Å². The van der Waals surface area contributed by atoms with Gasteiger partial charge in [0.2, 0.25) is 0 Å². The molecule has 1 aliphatic carbocycles. The second-order valence-electron chi connectivity index (χ2n) is 3.62. The average Bonchev–Trinajstić information content (AvgIpc) is 2.53. The van der Waals surface area contributed by atoms with E-state index in [1.807, 2.05) is 0 Å². The molecular formula is C7F10O2. The minimum Gasteiger partial charge on any atom is -0.433 e. The zero-order chi connectivity index (χ0) is 15.1. The summed E-state index contributed by atoms with van der Waals surface area (Å²) >= 11 is 0. The van der Waals surface area contributed by atoms with E-state index in [1.54, 1.807) is 0 Å². The van der Waals surface area contributed by atoms with Crippen LogP contribution in [0.15, 0.2) is 11.5 Å². The van der Waals surface area contributed by atoms with Crippen LogP contribution >= 0.6 is 0 Å². The first-order chi connectivity index (χ1) is 8.18. The maximum Gasteiger partial charge on any atom is 0.453 e. The van der Waals surface area contributed by atoms with Crippen LogP contribution in [0.2, 0.25) is 0 Å². The fourth-order valence-electron chi connectivity index (χ4n) is 1.40. The average molecular weight is 306 g/mol. The predicted molar refractivity (Wildman–Crippen MR) is 33.9 cm³/mol. The van der Waals surface area contributed by atoms with Gasteiger partial charge in [0, 0.05) is 0 Å². The molecule has 2 nitrogen and oxygen atoms in total. The zero-order valence-corrected chi connectivity index (χ0v) is 8.10. The van der Waals surface area contributed by atoms with Crippen LogP contribution in [0.5, 0.6) is 0 Å². The van der Waals surface area contributed by atoms with Gasteiger partial charge in [-0.05, 0) is 0 Å². The van der Waals surface area contributed by atoms with E-state index < -0.39 is 41.5 Å². The monoisotopic (exact) mass is 306 g/mol. The van der Waals surface area contributed by atoms with Gasteiger partial charge >= 0.3 is 30.0 Å². The first-order valence-corrected chi connectivity index (χ1v) is 4.21. The lowest BCUT2D eigenvalue weighted by atomic mass is 10.4. The summed E-state index contributed by atoms with van der Waals surface area (Å²) < 4.78 is 130. The molecule has 19 heavy (non-hydrogen) atoms. The third-order valence-electron chi connectivity index (χ3n) is 2.37. The number of allylic oxidation sites excluding steroid dienone is 2. The lowest BCUT2D eigenvalue weighted by molar-refractivity contribution is -0.206. The predicted octanol–water partition coefficient (Wildman–Crippen LogP) is 3.35. The van der Waals surface area contributed by atoms with Gasteiger partial charge in [0.05, 0.1) is 0 Å². The van der Waals surface area contributed by atoms with Gasteiger partial charge < -0.3 is 9.47 Å². The van der Waals surface area contributed by atoms with Crippen LogP contribution in [0, 0.1) is 0 Å². The molecule has 0 bridgehead atoms. The SMILES string of the molecule is FC(F)(F)C1=C(C(F)(F)F)OC2(O1)C(F)(F)C2(F)F. The lowest BCUT2D eigenvalue weighted by Gasteiger charge is -2.10. The van der Waals surface area contributed by atoms with Crippen molar-refractivity contribution in [3.63, 3.8) is 0 Å². The normalized spacial score (nSPS) is 27.3. The third-order valence-corrected chi connectivity index (χ3v) is 2.37. The molecule has 12 heteroatoms. The molecule has 110 valence electrons. The van der Waals surface area contributed by atoms with Crippen LogP contribution in [0.25, 0.3) is 0 Å². The maximum atomic E-state index is 12.6. The fourth-order valence-corrected chi connectivity index (χ4v) is 1.40. The Morgan fingerprint density at radius 1 is 0.632 bits per heavy atom. The van der Waals surface area contributed by atoms with E-state index in [2.05, 4.69) is 9.47 Å². The van der Waals surface area contributed by atoms with Crippen LogP contribution in [0.1, 0.15) is 0 Å². The number of rotatable bonds is 0. The van der Waals surface area contributed by atoms with E-state index >= 15 is 0 Å². The number of hydrogen-bond donors (Lipinski definition) is 0. The smallest absolute Gasteiger partial charge is 0.433 e. The van der Waals surface area contributed by atoms with Gasteiger partial charge in [0.25, 0.3) is 11.5 Å². The fraction of sp³-hybridized carbons (Fsp3) is 0.714. The molecule has 0 radical (unpaired) electrons. The highest BCUT2D eigenvalue weighted by Gasteiger charge is 3.05. The summed E-state index contributed by atoms with van der Waals surface area (Å²) in [4.78, 5) is 0. The van der Waals surface area contributed by atoms with Crippen molar-refractivity contribution in [2.45, 2.75) is 30.0 Å². The maximum absolute atomic E-state index is 12.6. The van der Waals surface area contributed by atoms with Crippen LogP contribution in [-0.4, -0.2) is 30.0 Å². The van der Waals surface area contributed by atoms with Gasteiger partial charge in [-0.15, -0.1) is 0 Å². The van der Waals surface area contributed by atoms with E-state index in [4.69, 9.17) is 0 Å².